The summed E-state index contributed by atoms with van der Waals surface area (Å²) < 4.78 is 5.63. The number of aromatic amines is 1. The van der Waals surface area contributed by atoms with Gasteiger partial charge in [0.25, 0.3) is 0 Å². The number of hydrogen-bond donors (Lipinski definition) is 1. The molecule has 3 heterocycles. The highest BCUT2D eigenvalue weighted by molar-refractivity contribution is 5.84. The third kappa shape index (κ3) is 1.02. The molecule has 70 valence electrons. The maximum Gasteiger partial charge on any atom is 0.129 e. The zero-order valence-electron chi connectivity index (χ0n) is 7.66. The summed E-state index contributed by atoms with van der Waals surface area (Å²) in [7, 11) is 0. The molecule has 0 atom stereocenters. The minimum Gasteiger partial charge on any atom is -0.487 e. The van der Waals surface area contributed by atoms with Crippen LogP contribution in [0.2, 0.25) is 0 Å². The molecule has 14 heavy (non-hydrogen) atoms. The predicted molar refractivity (Wildman–Crippen MR) is 54.8 cm³/mol. The lowest BCUT2D eigenvalue weighted by molar-refractivity contribution is 0.204. The molecule has 3 heteroatoms. The van der Waals surface area contributed by atoms with E-state index in [4.69, 9.17) is 4.74 Å². The number of fused-ring (bicyclic) bond motifs is 2. The summed E-state index contributed by atoms with van der Waals surface area (Å²) in [4.78, 5) is 7.30. The molecule has 0 saturated heterocycles. The summed E-state index contributed by atoms with van der Waals surface area (Å²) in [5.74, 6) is 0.953. The summed E-state index contributed by atoms with van der Waals surface area (Å²) in [6.45, 7) is 0.630. The second-order valence-electron chi connectivity index (χ2n) is 3.35. The van der Waals surface area contributed by atoms with Crippen molar-refractivity contribution < 1.29 is 4.74 Å². The topological polar surface area (TPSA) is 37.4 Å². The Bertz CT molecular complexity index is 452. The van der Waals surface area contributed by atoms with Crippen molar-refractivity contribution in [2.75, 3.05) is 0 Å². The Hall–Kier alpha value is -1.77. The van der Waals surface area contributed by atoms with Crippen LogP contribution in [0.5, 0.6) is 0 Å². The lowest BCUT2D eigenvalue weighted by atomic mass is 10.0. The van der Waals surface area contributed by atoms with Crippen LogP contribution >= 0.6 is 0 Å². The van der Waals surface area contributed by atoms with E-state index in [1.165, 1.54) is 11.1 Å². The number of allylic oxidation sites excluding steroid dienone is 2. The Morgan fingerprint density at radius 1 is 1.43 bits per heavy atom. The third-order valence-corrected chi connectivity index (χ3v) is 2.54. The highest BCUT2D eigenvalue weighted by Gasteiger charge is 2.19. The van der Waals surface area contributed by atoms with Crippen molar-refractivity contribution in [2.45, 2.75) is 13.0 Å². The Balaban J connectivity index is 2.17. The number of aliphatic imine (C=N–C) groups is 1. The van der Waals surface area contributed by atoms with Gasteiger partial charge in [-0.3, -0.25) is 4.99 Å². The fourth-order valence-corrected chi connectivity index (χ4v) is 1.85. The van der Waals surface area contributed by atoms with Crippen LogP contribution in [0, 0.1) is 0 Å². The minimum absolute atomic E-state index is 0.630. The normalized spacial score (nSPS) is 18.6. The fourth-order valence-electron chi connectivity index (χ4n) is 1.85. The Morgan fingerprint density at radius 3 is 3.43 bits per heavy atom. The molecule has 1 aromatic heterocycles. The molecular formula is C11H10N2O. The van der Waals surface area contributed by atoms with Gasteiger partial charge >= 0.3 is 0 Å². The van der Waals surface area contributed by atoms with Crippen LogP contribution in [0.4, 0.5) is 0 Å². The van der Waals surface area contributed by atoms with Gasteiger partial charge < -0.3 is 9.72 Å². The second kappa shape index (κ2) is 2.87. The van der Waals surface area contributed by atoms with E-state index in [9.17, 15) is 0 Å². The van der Waals surface area contributed by atoms with Crippen LogP contribution in [0.1, 0.15) is 17.7 Å². The van der Waals surface area contributed by atoms with Gasteiger partial charge in [-0.05, 0) is 12.1 Å². The Labute approximate surface area is 81.8 Å². The molecule has 0 spiro atoms. The van der Waals surface area contributed by atoms with Crippen molar-refractivity contribution in [2.24, 2.45) is 4.99 Å². The first-order valence-corrected chi connectivity index (χ1v) is 4.66. The molecule has 0 aliphatic carbocycles. The molecule has 0 amide bonds. The van der Waals surface area contributed by atoms with E-state index in [0.29, 0.717) is 6.61 Å². The molecule has 0 aromatic carbocycles. The van der Waals surface area contributed by atoms with Crippen LogP contribution in [0.3, 0.4) is 0 Å². The van der Waals surface area contributed by atoms with E-state index in [-0.39, 0.29) is 0 Å². The van der Waals surface area contributed by atoms with E-state index in [0.717, 1.165) is 17.9 Å². The van der Waals surface area contributed by atoms with E-state index >= 15 is 0 Å². The lowest BCUT2D eigenvalue weighted by Crippen LogP contribution is -2.05. The number of ether oxygens (including phenoxy) is 1. The molecule has 3 nitrogen and oxygen atoms in total. The smallest absolute Gasteiger partial charge is 0.129 e. The van der Waals surface area contributed by atoms with Gasteiger partial charge in [-0.2, -0.15) is 0 Å². The lowest BCUT2D eigenvalue weighted by Gasteiger charge is -2.18. The van der Waals surface area contributed by atoms with Gasteiger partial charge in [0, 0.05) is 36.2 Å². The predicted octanol–water partition coefficient (Wildman–Crippen LogP) is 2.24. The highest BCUT2D eigenvalue weighted by Crippen LogP contribution is 2.32. The first-order valence-electron chi connectivity index (χ1n) is 4.66. The number of hydrogen-bond acceptors (Lipinski definition) is 2. The van der Waals surface area contributed by atoms with Crippen LogP contribution in [-0.4, -0.2) is 11.2 Å². The standard InChI is InChI=1S/C11H10N2O/c1-4-12-5-3-11-9(1)8-2-6-13-10(8)7-14-11/h2-6,13H,1,7H2. The second-order valence-corrected chi connectivity index (χ2v) is 3.35. The minimum atomic E-state index is 0.630. The summed E-state index contributed by atoms with van der Waals surface area (Å²) in [5, 5.41) is 0. The highest BCUT2D eigenvalue weighted by atomic mass is 16.5. The molecule has 0 fully saturated rings. The fraction of sp³-hybridized carbons (Fsp3) is 0.182. The molecule has 0 saturated carbocycles. The van der Waals surface area contributed by atoms with Gasteiger partial charge in [-0.15, -0.1) is 0 Å². The first-order chi connectivity index (χ1) is 6.95. The van der Waals surface area contributed by atoms with Crippen molar-refractivity contribution in [1.82, 2.24) is 4.98 Å². The van der Waals surface area contributed by atoms with Crippen LogP contribution in [-0.2, 0) is 11.3 Å². The van der Waals surface area contributed by atoms with Crippen LogP contribution in [0.15, 0.2) is 35.3 Å². The van der Waals surface area contributed by atoms with E-state index in [2.05, 4.69) is 16.0 Å². The van der Waals surface area contributed by atoms with Gasteiger partial charge in [0.2, 0.25) is 0 Å². The molecule has 0 radical (unpaired) electrons. The SMILES string of the molecule is C1=CC2=C(CC=N1)c1cc[nH]c1CO2. The van der Waals surface area contributed by atoms with Crippen molar-refractivity contribution in [3.05, 3.63) is 41.6 Å². The zero-order valence-corrected chi connectivity index (χ0v) is 7.66. The van der Waals surface area contributed by atoms with Gasteiger partial charge in [-0.1, -0.05) is 0 Å². The first kappa shape index (κ1) is 7.62. The molecular weight excluding hydrogens is 176 g/mol. The molecule has 3 rings (SSSR count). The average Bonchev–Trinajstić information content (AvgIpc) is 2.55. The van der Waals surface area contributed by atoms with Crippen LogP contribution < -0.4 is 0 Å². The van der Waals surface area contributed by atoms with Crippen molar-refractivity contribution in [1.29, 1.82) is 0 Å². The molecule has 0 unspecified atom stereocenters. The van der Waals surface area contributed by atoms with E-state index in [1.807, 2.05) is 18.5 Å². The quantitative estimate of drug-likeness (QED) is 0.662. The summed E-state index contributed by atoms with van der Waals surface area (Å²) in [5.41, 5.74) is 3.65. The zero-order chi connectivity index (χ0) is 9.38. The molecule has 1 aromatic rings. The maximum absolute atomic E-state index is 5.63. The van der Waals surface area contributed by atoms with Crippen molar-refractivity contribution >= 4 is 11.8 Å². The summed E-state index contributed by atoms with van der Waals surface area (Å²) >= 11 is 0. The Kier molecular flexibility index (Phi) is 1.56. The largest absolute Gasteiger partial charge is 0.487 e. The number of aromatic nitrogens is 1. The van der Waals surface area contributed by atoms with Crippen LogP contribution in [0.25, 0.3) is 5.57 Å². The summed E-state index contributed by atoms with van der Waals surface area (Å²) in [6.07, 6.45) is 8.40. The van der Waals surface area contributed by atoms with Crippen molar-refractivity contribution in [3.63, 3.8) is 0 Å². The third-order valence-electron chi connectivity index (χ3n) is 2.54. The molecule has 1 N–H and O–H groups in total. The maximum atomic E-state index is 5.63. The number of nitrogens with one attached hydrogen (secondary N) is 1. The monoisotopic (exact) mass is 186 g/mol. The number of rotatable bonds is 0. The van der Waals surface area contributed by atoms with Gasteiger partial charge in [0.05, 0.1) is 5.69 Å². The average molecular weight is 186 g/mol. The Morgan fingerprint density at radius 2 is 2.43 bits per heavy atom. The number of H-pyrrole nitrogens is 1. The molecule has 0 bridgehead atoms. The van der Waals surface area contributed by atoms with Gasteiger partial charge in [0.1, 0.15) is 12.4 Å². The number of nitrogens with zero attached hydrogens (tertiary/aromatic N) is 1. The van der Waals surface area contributed by atoms with Gasteiger partial charge in [0.15, 0.2) is 0 Å². The van der Waals surface area contributed by atoms with Gasteiger partial charge in [-0.25, -0.2) is 0 Å². The van der Waals surface area contributed by atoms with Crippen molar-refractivity contribution in [3.8, 4) is 0 Å². The molecule has 2 aliphatic rings. The molecule has 2 aliphatic heterocycles. The van der Waals surface area contributed by atoms with E-state index in [1.54, 1.807) is 6.20 Å². The van der Waals surface area contributed by atoms with E-state index < -0.39 is 0 Å². The summed E-state index contributed by atoms with van der Waals surface area (Å²) in [6, 6.07) is 2.10.